The fourth-order valence-electron chi connectivity index (χ4n) is 3.93. The second-order valence-electron chi connectivity index (χ2n) is 8.18. The zero-order chi connectivity index (χ0) is 27.8. The molecule has 0 spiro atoms. The predicted molar refractivity (Wildman–Crippen MR) is 142 cm³/mol. The number of amides is 1. The van der Waals surface area contributed by atoms with Crippen molar-refractivity contribution in [2.75, 3.05) is 14.2 Å². The number of carboxylic acids is 2. The van der Waals surface area contributed by atoms with E-state index < -0.39 is 29.9 Å². The Bertz CT molecular complexity index is 1260. The van der Waals surface area contributed by atoms with E-state index in [0.717, 1.165) is 5.01 Å². The highest BCUT2D eigenvalue weighted by Gasteiger charge is 2.37. The molecule has 0 saturated carbocycles. The molecule has 0 radical (unpaired) electrons. The van der Waals surface area contributed by atoms with Crippen molar-refractivity contribution >= 4 is 41.0 Å². The van der Waals surface area contributed by atoms with Gasteiger partial charge in [0.15, 0.2) is 0 Å². The lowest BCUT2D eigenvalue weighted by Gasteiger charge is -2.33. The van der Waals surface area contributed by atoms with Gasteiger partial charge >= 0.3 is 11.9 Å². The maximum absolute atomic E-state index is 13.8. The minimum atomic E-state index is -1.61. The molecule has 11 heteroatoms. The van der Waals surface area contributed by atoms with E-state index in [0.29, 0.717) is 22.6 Å². The number of ether oxygens (including phenoxy) is 2. The summed E-state index contributed by atoms with van der Waals surface area (Å²) >= 11 is 12.5. The van der Waals surface area contributed by atoms with Crippen molar-refractivity contribution in [2.24, 2.45) is 0 Å². The normalized spacial score (nSPS) is 12.3. The molecule has 1 amide bonds. The topological polar surface area (TPSA) is 125 Å². The summed E-state index contributed by atoms with van der Waals surface area (Å²) in [5.41, 5.74) is 3.49. The van der Waals surface area contributed by atoms with Gasteiger partial charge in [-0.2, -0.15) is 0 Å². The maximum atomic E-state index is 13.8. The van der Waals surface area contributed by atoms with E-state index in [9.17, 15) is 24.6 Å². The van der Waals surface area contributed by atoms with E-state index in [-0.39, 0.29) is 28.5 Å². The molecule has 200 valence electrons. The van der Waals surface area contributed by atoms with E-state index in [2.05, 4.69) is 5.43 Å². The number of aliphatic carboxylic acids is 2. The van der Waals surface area contributed by atoms with E-state index in [1.54, 1.807) is 48.5 Å². The average Bonchev–Trinajstić information content (AvgIpc) is 2.89. The quantitative estimate of drug-likeness (QED) is 0.279. The van der Waals surface area contributed by atoms with Crippen LogP contribution in [0.25, 0.3) is 0 Å². The number of carbonyl (C=O) groups is 3. The molecule has 3 rings (SSSR count). The molecule has 0 unspecified atom stereocenters. The molecule has 9 nitrogen and oxygen atoms in total. The summed E-state index contributed by atoms with van der Waals surface area (Å²) in [5, 5.41) is 21.0. The molecule has 0 heterocycles. The molecule has 3 aromatic rings. The first-order chi connectivity index (χ1) is 18.2. The molecule has 0 bridgehead atoms. The standard InChI is InChI=1S/C27H26Cl2N2O7/c1-37-22-12-7-13-23(38-2)17(22)15-21(27(35)36)31(25(32)24-18(28)10-6-11-19(24)29)30-20(26(33)34)14-16-8-4-3-5-9-16/h3-13,20-21,30H,14-15H2,1-2H3,(H,33,34)(H,35,36)/t20-,21-/m0/s1. The average molecular weight is 561 g/mol. The Balaban J connectivity index is 2.11. The van der Waals surface area contributed by atoms with Gasteiger partial charge in [-0.3, -0.25) is 14.6 Å². The smallest absolute Gasteiger partial charge is 0.328 e. The van der Waals surface area contributed by atoms with Crippen LogP contribution in [-0.2, 0) is 22.4 Å². The zero-order valence-corrected chi connectivity index (χ0v) is 22.1. The third-order valence-electron chi connectivity index (χ3n) is 5.80. The van der Waals surface area contributed by atoms with Crippen molar-refractivity contribution in [3.05, 3.63) is 93.5 Å². The fourth-order valence-corrected chi connectivity index (χ4v) is 4.49. The van der Waals surface area contributed by atoms with Gasteiger partial charge in [-0.15, -0.1) is 0 Å². The molecule has 0 aromatic heterocycles. The molecule has 0 fully saturated rings. The maximum Gasteiger partial charge on any atom is 0.328 e. The van der Waals surface area contributed by atoms with Crippen LogP contribution in [0.15, 0.2) is 66.7 Å². The molecule has 2 atom stereocenters. The molecule has 0 saturated heterocycles. The van der Waals surface area contributed by atoms with Crippen molar-refractivity contribution < 1.29 is 34.1 Å². The molecular weight excluding hydrogens is 535 g/mol. The van der Waals surface area contributed by atoms with Gasteiger partial charge in [-0.05, 0) is 29.8 Å². The van der Waals surface area contributed by atoms with E-state index in [4.69, 9.17) is 32.7 Å². The van der Waals surface area contributed by atoms with E-state index >= 15 is 0 Å². The number of rotatable bonds is 12. The number of methoxy groups -OCH3 is 2. The van der Waals surface area contributed by atoms with Crippen LogP contribution < -0.4 is 14.9 Å². The Labute approximate surface area is 229 Å². The summed E-state index contributed by atoms with van der Waals surface area (Å²) in [7, 11) is 2.83. The predicted octanol–water partition coefficient (Wildman–Crippen LogP) is 4.35. The van der Waals surface area contributed by atoms with Gasteiger partial charge in [0.25, 0.3) is 5.91 Å². The number of nitrogens with zero attached hydrogens (tertiary/aromatic N) is 1. The number of hydrogen-bond acceptors (Lipinski definition) is 6. The number of benzene rings is 3. The van der Waals surface area contributed by atoms with Crippen LogP contribution in [0.1, 0.15) is 21.5 Å². The van der Waals surface area contributed by atoms with Gasteiger partial charge in [0, 0.05) is 18.4 Å². The summed E-state index contributed by atoms with van der Waals surface area (Å²) in [5.74, 6) is -2.96. The number of carbonyl (C=O) groups excluding carboxylic acids is 1. The minimum absolute atomic E-state index is 0.0248. The minimum Gasteiger partial charge on any atom is -0.496 e. The first-order valence-corrected chi connectivity index (χ1v) is 12.2. The van der Waals surface area contributed by atoms with Crippen molar-refractivity contribution in [3.8, 4) is 11.5 Å². The Morgan fingerprint density at radius 3 is 1.87 bits per heavy atom. The lowest BCUT2D eigenvalue weighted by atomic mass is 10.0. The third kappa shape index (κ3) is 6.74. The highest BCUT2D eigenvalue weighted by molar-refractivity contribution is 6.39. The molecular formula is C27H26Cl2N2O7. The van der Waals surface area contributed by atoms with Gasteiger partial charge in [0.2, 0.25) is 0 Å². The Hall–Kier alpha value is -3.79. The lowest BCUT2D eigenvalue weighted by Crippen LogP contribution is -2.59. The third-order valence-corrected chi connectivity index (χ3v) is 6.43. The fraction of sp³-hybridized carbons (Fsp3) is 0.222. The SMILES string of the molecule is COc1cccc(OC)c1C[C@@H](C(=O)O)N(N[C@@H](Cc1ccccc1)C(=O)O)C(=O)c1c(Cl)cccc1Cl. The second-order valence-corrected chi connectivity index (χ2v) is 9.00. The van der Waals surface area contributed by atoms with Gasteiger partial charge in [0.1, 0.15) is 23.6 Å². The summed E-state index contributed by atoms with van der Waals surface area (Å²) in [4.78, 5) is 38.7. The lowest BCUT2D eigenvalue weighted by molar-refractivity contribution is -0.147. The van der Waals surface area contributed by atoms with Crippen LogP contribution in [0.3, 0.4) is 0 Å². The van der Waals surface area contributed by atoms with Gasteiger partial charge < -0.3 is 19.7 Å². The van der Waals surface area contributed by atoms with E-state index in [1.165, 1.54) is 32.4 Å². The highest BCUT2D eigenvalue weighted by Crippen LogP contribution is 2.32. The molecule has 0 aliphatic carbocycles. The number of nitrogens with one attached hydrogen (secondary N) is 1. The summed E-state index contributed by atoms with van der Waals surface area (Å²) in [6, 6.07) is 15.0. The van der Waals surface area contributed by atoms with Crippen LogP contribution in [0.5, 0.6) is 11.5 Å². The monoisotopic (exact) mass is 560 g/mol. The number of hydrazine groups is 1. The number of halogens is 2. The Kier molecular flexibility index (Phi) is 9.95. The first-order valence-electron chi connectivity index (χ1n) is 11.4. The van der Waals surface area contributed by atoms with Crippen LogP contribution in [0, 0.1) is 0 Å². The molecule has 0 aliphatic heterocycles. The van der Waals surface area contributed by atoms with Crippen molar-refractivity contribution in [2.45, 2.75) is 24.9 Å². The zero-order valence-electron chi connectivity index (χ0n) is 20.6. The summed E-state index contributed by atoms with van der Waals surface area (Å²) < 4.78 is 10.8. The van der Waals surface area contributed by atoms with Crippen LogP contribution in [0.4, 0.5) is 0 Å². The van der Waals surface area contributed by atoms with Crippen LogP contribution >= 0.6 is 23.2 Å². The molecule has 0 aliphatic rings. The van der Waals surface area contributed by atoms with Gasteiger partial charge in [-0.25, -0.2) is 10.2 Å². The van der Waals surface area contributed by atoms with Crippen LogP contribution in [-0.4, -0.2) is 59.4 Å². The van der Waals surface area contributed by atoms with Crippen molar-refractivity contribution in [1.29, 1.82) is 0 Å². The number of hydrogen-bond donors (Lipinski definition) is 3. The summed E-state index contributed by atoms with van der Waals surface area (Å²) in [6.07, 6.45) is -0.332. The Morgan fingerprint density at radius 2 is 1.37 bits per heavy atom. The van der Waals surface area contributed by atoms with Crippen LogP contribution in [0.2, 0.25) is 10.0 Å². The van der Waals surface area contributed by atoms with E-state index in [1.807, 2.05) is 0 Å². The summed E-state index contributed by atoms with van der Waals surface area (Å²) in [6.45, 7) is 0. The first kappa shape index (κ1) is 28.8. The van der Waals surface area contributed by atoms with Gasteiger partial charge in [-0.1, -0.05) is 65.7 Å². The molecule has 3 aromatic carbocycles. The number of carboxylic acid groups (broad SMARTS) is 2. The molecule has 38 heavy (non-hydrogen) atoms. The van der Waals surface area contributed by atoms with Crippen molar-refractivity contribution in [3.63, 3.8) is 0 Å². The van der Waals surface area contributed by atoms with Crippen molar-refractivity contribution in [1.82, 2.24) is 10.4 Å². The largest absolute Gasteiger partial charge is 0.496 e. The highest BCUT2D eigenvalue weighted by atomic mass is 35.5. The Morgan fingerprint density at radius 1 is 0.816 bits per heavy atom. The van der Waals surface area contributed by atoms with Gasteiger partial charge in [0.05, 0.1) is 29.8 Å². The second kappa shape index (κ2) is 13.1. The molecule has 3 N–H and O–H groups in total.